The number of anilines is 1. The molecule has 11 heteroatoms. The lowest BCUT2D eigenvalue weighted by Gasteiger charge is -2.38. The largest absolute Gasteiger partial charge is 0.465 e. The number of carbonyl (C=O) groups excluding carboxylic acids is 1. The van der Waals surface area contributed by atoms with E-state index in [-0.39, 0.29) is 22.3 Å². The summed E-state index contributed by atoms with van der Waals surface area (Å²) in [5, 5.41) is 11.1. The van der Waals surface area contributed by atoms with Gasteiger partial charge in [0.05, 0.1) is 16.0 Å². The first kappa shape index (κ1) is 26.5. The molecule has 3 N–H and O–H groups in total. The predicted molar refractivity (Wildman–Crippen MR) is 146 cm³/mol. The third kappa shape index (κ3) is 4.76. The SMILES string of the molecule is CC(C)(C)C1c2ccc(N3CC[C@H](NS(=O)(=O)c4ccc5c(Cl)c[nH]c5c4)C3=O)cc2CCCN1C(=O)O. The van der Waals surface area contributed by atoms with Crippen molar-refractivity contribution in [3.63, 3.8) is 0 Å². The highest BCUT2D eigenvalue weighted by Crippen LogP contribution is 2.43. The Bertz CT molecular complexity index is 1530. The molecule has 2 aliphatic heterocycles. The second-order valence-electron chi connectivity index (χ2n) is 11.0. The first-order valence-electron chi connectivity index (χ1n) is 12.6. The van der Waals surface area contributed by atoms with Crippen LogP contribution < -0.4 is 9.62 Å². The van der Waals surface area contributed by atoms with Gasteiger partial charge >= 0.3 is 6.09 Å². The van der Waals surface area contributed by atoms with Gasteiger partial charge < -0.3 is 19.9 Å². The highest BCUT2D eigenvalue weighted by molar-refractivity contribution is 7.89. The molecular weight excluding hydrogens is 528 g/mol. The van der Waals surface area contributed by atoms with E-state index >= 15 is 0 Å². The molecule has 1 saturated heterocycles. The minimum absolute atomic E-state index is 0.0519. The number of sulfonamides is 1. The zero-order valence-electron chi connectivity index (χ0n) is 21.5. The van der Waals surface area contributed by atoms with Crippen LogP contribution in [0.4, 0.5) is 10.5 Å². The van der Waals surface area contributed by atoms with Gasteiger partial charge in [-0.3, -0.25) is 4.79 Å². The van der Waals surface area contributed by atoms with Crippen molar-refractivity contribution in [2.75, 3.05) is 18.0 Å². The molecule has 3 heterocycles. The Labute approximate surface area is 226 Å². The van der Waals surface area contributed by atoms with Crippen LogP contribution in [0.2, 0.25) is 5.02 Å². The molecule has 2 aromatic carbocycles. The number of hydrogen-bond acceptors (Lipinski definition) is 4. The van der Waals surface area contributed by atoms with Gasteiger partial charge in [-0.15, -0.1) is 0 Å². The maximum atomic E-state index is 13.3. The van der Waals surface area contributed by atoms with Crippen molar-refractivity contribution in [3.05, 3.63) is 58.7 Å². The van der Waals surface area contributed by atoms with Gasteiger partial charge in [0.1, 0.15) is 6.04 Å². The lowest BCUT2D eigenvalue weighted by atomic mass is 9.80. The number of benzene rings is 2. The molecule has 2 atom stereocenters. The van der Waals surface area contributed by atoms with E-state index in [4.69, 9.17) is 11.6 Å². The fourth-order valence-electron chi connectivity index (χ4n) is 5.66. The molecular formula is C27H31ClN4O5S. The van der Waals surface area contributed by atoms with E-state index in [0.29, 0.717) is 48.6 Å². The monoisotopic (exact) mass is 558 g/mol. The molecule has 38 heavy (non-hydrogen) atoms. The molecule has 1 aromatic heterocycles. The first-order valence-corrected chi connectivity index (χ1v) is 14.5. The lowest BCUT2D eigenvalue weighted by Crippen LogP contribution is -2.41. The summed E-state index contributed by atoms with van der Waals surface area (Å²) < 4.78 is 28.8. The van der Waals surface area contributed by atoms with Crippen LogP contribution in [0.1, 0.15) is 50.8 Å². The number of halogens is 1. The van der Waals surface area contributed by atoms with Gasteiger partial charge in [-0.2, -0.15) is 4.72 Å². The summed E-state index contributed by atoms with van der Waals surface area (Å²) in [6, 6.07) is 9.12. The second kappa shape index (κ2) is 9.59. The normalized spacial score (nSPS) is 20.6. The van der Waals surface area contributed by atoms with Crippen molar-refractivity contribution >= 4 is 50.2 Å². The summed E-state index contributed by atoms with van der Waals surface area (Å²) in [6.07, 6.45) is 2.37. The quantitative estimate of drug-likeness (QED) is 0.419. The van der Waals surface area contributed by atoms with Crippen molar-refractivity contribution in [2.45, 2.75) is 57.0 Å². The average molecular weight is 559 g/mol. The topological polar surface area (TPSA) is 123 Å². The number of fused-ring (bicyclic) bond motifs is 2. The molecule has 0 spiro atoms. The van der Waals surface area contributed by atoms with Crippen molar-refractivity contribution < 1.29 is 23.1 Å². The molecule has 0 saturated carbocycles. The fraction of sp³-hybridized carbons (Fsp3) is 0.407. The van der Waals surface area contributed by atoms with E-state index in [0.717, 1.165) is 16.5 Å². The number of aromatic amines is 1. The van der Waals surface area contributed by atoms with Crippen LogP contribution in [0.25, 0.3) is 10.9 Å². The van der Waals surface area contributed by atoms with Crippen LogP contribution in [-0.2, 0) is 21.2 Å². The molecule has 0 aliphatic carbocycles. The number of aromatic nitrogens is 1. The van der Waals surface area contributed by atoms with E-state index in [1.165, 1.54) is 17.0 Å². The van der Waals surface area contributed by atoms with Crippen LogP contribution in [0.5, 0.6) is 0 Å². The Morgan fingerprint density at radius 3 is 2.63 bits per heavy atom. The van der Waals surface area contributed by atoms with Crippen molar-refractivity contribution in [3.8, 4) is 0 Å². The number of aryl methyl sites for hydroxylation is 1. The molecule has 0 bridgehead atoms. The van der Waals surface area contributed by atoms with Gasteiger partial charge in [0.15, 0.2) is 0 Å². The zero-order valence-corrected chi connectivity index (χ0v) is 23.1. The summed E-state index contributed by atoms with van der Waals surface area (Å²) in [5.41, 5.74) is 2.93. The van der Waals surface area contributed by atoms with E-state index in [1.807, 2.05) is 39.0 Å². The third-order valence-corrected chi connectivity index (χ3v) is 9.15. The summed E-state index contributed by atoms with van der Waals surface area (Å²) in [4.78, 5) is 31.5. The minimum atomic E-state index is -3.94. The molecule has 2 aliphatic rings. The fourth-order valence-corrected chi connectivity index (χ4v) is 7.13. The van der Waals surface area contributed by atoms with Gasteiger partial charge in [0.2, 0.25) is 15.9 Å². The van der Waals surface area contributed by atoms with E-state index in [1.54, 1.807) is 17.2 Å². The predicted octanol–water partition coefficient (Wildman–Crippen LogP) is 4.92. The number of nitrogens with zero attached hydrogens (tertiary/aromatic N) is 2. The van der Waals surface area contributed by atoms with E-state index < -0.39 is 22.2 Å². The molecule has 0 radical (unpaired) electrons. The number of H-pyrrole nitrogens is 1. The van der Waals surface area contributed by atoms with E-state index in [9.17, 15) is 23.1 Å². The molecule has 5 rings (SSSR count). The number of hydrogen-bond donors (Lipinski definition) is 3. The Morgan fingerprint density at radius 2 is 1.92 bits per heavy atom. The number of carbonyl (C=O) groups is 2. The zero-order chi connectivity index (χ0) is 27.4. The van der Waals surface area contributed by atoms with Crippen LogP contribution in [0.15, 0.2) is 47.5 Å². The van der Waals surface area contributed by atoms with E-state index in [2.05, 4.69) is 9.71 Å². The lowest BCUT2D eigenvalue weighted by molar-refractivity contribution is -0.118. The number of carboxylic acid groups (broad SMARTS) is 1. The van der Waals surface area contributed by atoms with Crippen molar-refractivity contribution in [2.24, 2.45) is 5.41 Å². The number of amides is 2. The van der Waals surface area contributed by atoms with Crippen molar-refractivity contribution in [1.82, 2.24) is 14.6 Å². The molecule has 9 nitrogen and oxygen atoms in total. The Hall–Kier alpha value is -3.08. The smallest absolute Gasteiger partial charge is 0.407 e. The molecule has 2 amide bonds. The van der Waals surface area contributed by atoms with Crippen LogP contribution in [0.3, 0.4) is 0 Å². The maximum absolute atomic E-state index is 13.3. The van der Waals surface area contributed by atoms with Gasteiger partial charge in [-0.25, -0.2) is 13.2 Å². The molecule has 1 fully saturated rings. The summed E-state index contributed by atoms with van der Waals surface area (Å²) in [7, 11) is -3.94. The summed E-state index contributed by atoms with van der Waals surface area (Å²) in [5.74, 6) is -0.314. The van der Waals surface area contributed by atoms with Crippen LogP contribution in [0, 0.1) is 5.41 Å². The van der Waals surface area contributed by atoms with Gasteiger partial charge in [-0.05, 0) is 66.1 Å². The third-order valence-electron chi connectivity index (χ3n) is 7.37. The number of rotatable bonds is 4. The summed E-state index contributed by atoms with van der Waals surface area (Å²) in [6.45, 7) is 6.90. The molecule has 3 aromatic rings. The summed E-state index contributed by atoms with van der Waals surface area (Å²) >= 11 is 6.10. The van der Waals surface area contributed by atoms with Crippen LogP contribution >= 0.6 is 11.6 Å². The number of nitrogens with one attached hydrogen (secondary N) is 2. The molecule has 1 unspecified atom stereocenters. The Morgan fingerprint density at radius 1 is 1.16 bits per heavy atom. The van der Waals surface area contributed by atoms with Gasteiger partial charge in [0, 0.05) is 35.9 Å². The van der Waals surface area contributed by atoms with Gasteiger partial charge in [-0.1, -0.05) is 38.4 Å². The molecule has 202 valence electrons. The first-order chi connectivity index (χ1) is 17.9. The minimum Gasteiger partial charge on any atom is -0.465 e. The highest BCUT2D eigenvalue weighted by Gasteiger charge is 2.39. The maximum Gasteiger partial charge on any atom is 0.407 e. The second-order valence-corrected chi connectivity index (χ2v) is 13.1. The highest BCUT2D eigenvalue weighted by atomic mass is 35.5. The van der Waals surface area contributed by atoms with Gasteiger partial charge in [0.25, 0.3) is 0 Å². The Kier molecular flexibility index (Phi) is 6.69. The van der Waals surface area contributed by atoms with Crippen molar-refractivity contribution in [1.29, 1.82) is 0 Å². The van der Waals surface area contributed by atoms with Crippen LogP contribution in [-0.4, -0.2) is 54.5 Å². The Balaban J connectivity index is 1.38. The standard InChI is InChI=1S/C27H31ClN4O5S/c1-27(2,3)24-19-8-6-17(13-16(19)5-4-11-32(24)26(34)35)31-12-10-22(25(31)33)30-38(36,37)18-7-9-20-21(28)15-29-23(20)14-18/h6-9,13-15,22,24,29-30H,4-5,10-12H2,1-3H3,(H,34,35)/t22-,24?/m0/s1. The average Bonchev–Trinajstić information content (AvgIpc) is 3.31.